The lowest BCUT2D eigenvalue weighted by molar-refractivity contribution is -0.126. The van der Waals surface area contributed by atoms with Gasteiger partial charge in [0.2, 0.25) is 5.91 Å². The van der Waals surface area contributed by atoms with E-state index in [2.05, 4.69) is 17.6 Å². The molecule has 1 aliphatic heterocycles. The van der Waals surface area contributed by atoms with Crippen molar-refractivity contribution < 1.29 is 4.79 Å². The minimum Gasteiger partial charge on any atom is -0.353 e. The lowest BCUT2D eigenvalue weighted by atomic mass is 9.96. The van der Waals surface area contributed by atoms with Crippen molar-refractivity contribution in [2.75, 3.05) is 13.1 Å². The zero-order chi connectivity index (χ0) is 11.4. The molecule has 0 aromatic heterocycles. The van der Waals surface area contributed by atoms with Crippen LogP contribution in [-0.2, 0) is 4.79 Å². The van der Waals surface area contributed by atoms with Crippen LogP contribution >= 0.6 is 0 Å². The van der Waals surface area contributed by atoms with Crippen molar-refractivity contribution in [1.29, 1.82) is 0 Å². The van der Waals surface area contributed by atoms with E-state index in [0.29, 0.717) is 11.9 Å². The van der Waals surface area contributed by atoms with Crippen molar-refractivity contribution in [3.05, 3.63) is 0 Å². The van der Waals surface area contributed by atoms with E-state index in [4.69, 9.17) is 0 Å². The number of hydrogen-bond acceptors (Lipinski definition) is 2. The molecule has 1 aliphatic carbocycles. The van der Waals surface area contributed by atoms with Gasteiger partial charge >= 0.3 is 0 Å². The van der Waals surface area contributed by atoms with Gasteiger partial charge in [-0.05, 0) is 44.7 Å². The van der Waals surface area contributed by atoms with Gasteiger partial charge in [-0.1, -0.05) is 19.8 Å². The molecule has 0 bridgehead atoms. The summed E-state index contributed by atoms with van der Waals surface area (Å²) in [6, 6.07) is 0.426. The predicted octanol–water partition coefficient (Wildman–Crippen LogP) is 1.68. The van der Waals surface area contributed by atoms with E-state index < -0.39 is 0 Å². The smallest absolute Gasteiger partial charge is 0.223 e. The summed E-state index contributed by atoms with van der Waals surface area (Å²) >= 11 is 0. The Morgan fingerprint density at radius 3 is 2.56 bits per heavy atom. The summed E-state index contributed by atoms with van der Waals surface area (Å²) in [7, 11) is 0. The van der Waals surface area contributed by atoms with Crippen LogP contribution in [0.5, 0.6) is 0 Å². The van der Waals surface area contributed by atoms with Crippen LogP contribution in [-0.4, -0.2) is 25.0 Å². The van der Waals surface area contributed by atoms with E-state index in [9.17, 15) is 4.79 Å². The molecule has 92 valence electrons. The molecule has 1 heterocycles. The molecule has 0 aromatic rings. The van der Waals surface area contributed by atoms with Crippen molar-refractivity contribution in [3.8, 4) is 0 Å². The minimum absolute atomic E-state index is 0.259. The van der Waals surface area contributed by atoms with Crippen LogP contribution in [0.2, 0.25) is 0 Å². The maximum absolute atomic E-state index is 12.0. The van der Waals surface area contributed by atoms with Gasteiger partial charge < -0.3 is 10.6 Å². The van der Waals surface area contributed by atoms with Gasteiger partial charge in [0, 0.05) is 12.0 Å². The monoisotopic (exact) mass is 224 g/mol. The van der Waals surface area contributed by atoms with Crippen LogP contribution < -0.4 is 10.6 Å². The SMILES string of the molecule is CCC(CC1CC1)NC(=O)C1CCNCC1. The molecule has 1 amide bonds. The molecule has 2 fully saturated rings. The second-order valence-electron chi connectivity index (χ2n) is 5.32. The molecule has 0 aromatic carbocycles. The zero-order valence-electron chi connectivity index (χ0n) is 10.3. The lowest BCUT2D eigenvalue weighted by Gasteiger charge is -2.25. The summed E-state index contributed by atoms with van der Waals surface area (Å²) in [4.78, 5) is 12.0. The topological polar surface area (TPSA) is 41.1 Å². The number of nitrogens with one attached hydrogen (secondary N) is 2. The fourth-order valence-electron chi connectivity index (χ4n) is 2.49. The van der Waals surface area contributed by atoms with Crippen LogP contribution in [0.15, 0.2) is 0 Å². The largest absolute Gasteiger partial charge is 0.353 e. The first kappa shape index (κ1) is 11.9. The summed E-state index contributed by atoms with van der Waals surface area (Å²) in [5.74, 6) is 1.46. The zero-order valence-corrected chi connectivity index (χ0v) is 10.3. The maximum Gasteiger partial charge on any atom is 0.223 e. The highest BCUT2D eigenvalue weighted by Gasteiger charge is 2.27. The number of piperidine rings is 1. The van der Waals surface area contributed by atoms with Crippen LogP contribution in [0, 0.1) is 11.8 Å². The number of hydrogen-bond donors (Lipinski definition) is 2. The van der Waals surface area contributed by atoms with Crippen LogP contribution in [0.4, 0.5) is 0 Å². The molecule has 1 atom stereocenters. The van der Waals surface area contributed by atoms with Crippen molar-refractivity contribution >= 4 is 5.91 Å². The van der Waals surface area contributed by atoms with Gasteiger partial charge in [-0.15, -0.1) is 0 Å². The second-order valence-corrected chi connectivity index (χ2v) is 5.32. The number of carbonyl (C=O) groups excluding carboxylic acids is 1. The second kappa shape index (κ2) is 5.67. The molecule has 2 N–H and O–H groups in total. The molecule has 0 spiro atoms. The first-order valence-corrected chi connectivity index (χ1v) is 6.80. The fourth-order valence-corrected chi connectivity index (χ4v) is 2.49. The molecule has 1 saturated heterocycles. The third kappa shape index (κ3) is 3.48. The molecule has 0 radical (unpaired) electrons. The Morgan fingerprint density at radius 2 is 2.00 bits per heavy atom. The molecule has 3 nitrogen and oxygen atoms in total. The van der Waals surface area contributed by atoms with Gasteiger partial charge in [0.05, 0.1) is 0 Å². The van der Waals surface area contributed by atoms with E-state index in [-0.39, 0.29) is 5.92 Å². The van der Waals surface area contributed by atoms with Gasteiger partial charge in [0.15, 0.2) is 0 Å². The third-order valence-corrected chi connectivity index (χ3v) is 3.86. The van der Waals surface area contributed by atoms with E-state index in [1.807, 2.05) is 0 Å². The first-order valence-electron chi connectivity index (χ1n) is 6.80. The Hall–Kier alpha value is -0.570. The van der Waals surface area contributed by atoms with E-state index in [1.165, 1.54) is 19.3 Å². The molecule has 3 heteroatoms. The first-order chi connectivity index (χ1) is 7.79. The highest BCUT2D eigenvalue weighted by molar-refractivity contribution is 5.79. The van der Waals surface area contributed by atoms with Crippen LogP contribution in [0.25, 0.3) is 0 Å². The summed E-state index contributed by atoms with van der Waals surface area (Å²) in [5, 5.41) is 6.54. The third-order valence-electron chi connectivity index (χ3n) is 3.86. The normalized spacial score (nSPS) is 24.1. The Morgan fingerprint density at radius 1 is 1.31 bits per heavy atom. The van der Waals surface area contributed by atoms with Crippen molar-refractivity contribution in [2.45, 2.75) is 51.5 Å². The number of rotatable bonds is 5. The highest BCUT2D eigenvalue weighted by Crippen LogP contribution is 2.34. The maximum atomic E-state index is 12.0. The van der Waals surface area contributed by atoms with E-state index in [1.54, 1.807) is 0 Å². The van der Waals surface area contributed by atoms with Gasteiger partial charge in [-0.2, -0.15) is 0 Å². The average molecular weight is 224 g/mol. The summed E-state index contributed by atoms with van der Waals surface area (Å²) < 4.78 is 0. The standard InChI is InChI=1S/C13H24N2O/c1-2-12(9-10-3-4-10)15-13(16)11-5-7-14-8-6-11/h10-12,14H,2-9H2,1H3,(H,15,16). The summed E-state index contributed by atoms with van der Waals surface area (Å²) in [5.41, 5.74) is 0. The summed E-state index contributed by atoms with van der Waals surface area (Å²) in [6.07, 6.45) is 7.04. The average Bonchev–Trinajstić information content (AvgIpc) is 3.13. The minimum atomic E-state index is 0.259. The molecule has 1 unspecified atom stereocenters. The van der Waals surface area contributed by atoms with Crippen LogP contribution in [0.1, 0.15) is 45.4 Å². The Bertz CT molecular complexity index is 232. The van der Waals surface area contributed by atoms with Gasteiger partial charge in [0.1, 0.15) is 0 Å². The van der Waals surface area contributed by atoms with Gasteiger partial charge in [0.25, 0.3) is 0 Å². The Balaban J connectivity index is 1.74. The Labute approximate surface area is 98.4 Å². The molecule has 1 saturated carbocycles. The molecular weight excluding hydrogens is 200 g/mol. The van der Waals surface area contributed by atoms with Crippen molar-refractivity contribution in [2.24, 2.45) is 11.8 Å². The van der Waals surface area contributed by atoms with Gasteiger partial charge in [-0.3, -0.25) is 4.79 Å². The number of carbonyl (C=O) groups is 1. The van der Waals surface area contributed by atoms with Crippen molar-refractivity contribution in [1.82, 2.24) is 10.6 Å². The lowest BCUT2D eigenvalue weighted by Crippen LogP contribution is -2.42. The van der Waals surface area contributed by atoms with Crippen LogP contribution in [0.3, 0.4) is 0 Å². The van der Waals surface area contributed by atoms with E-state index >= 15 is 0 Å². The summed E-state index contributed by atoms with van der Waals surface area (Å²) in [6.45, 7) is 4.17. The highest BCUT2D eigenvalue weighted by atomic mass is 16.1. The van der Waals surface area contributed by atoms with Crippen molar-refractivity contribution in [3.63, 3.8) is 0 Å². The molecule has 2 aliphatic rings. The Kier molecular flexibility index (Phi) is 4.22. The quantitative estimate of drug-likeness (QED) is 0.746. The van der Waals surface area contributed by atoms with Gasteiger partial charge in [-0.25, -0.2) is 0 Å². The molecule has 2 rings (SSSR count). The number of amides is 1. The predicted molar refractivity (Wildman–Crippen MR) is 65.2 cm³/mol. The molecule has 16 heavy (non-hydrogen) atoms. The fraction of sp³-hybridized carbons (Fsp3) is 0.923. The van der Waals surface area contributed by atoms with E-state index in [0.717, 1.165) is 38.3 Å². The molecular formula is C13H24N2O.